The molecule has 1 N–H and O–H groups in total. The first kappa shape index (κ1) is 30.7. The molecule has 3 rings (SSSR count). The van der Waals surface area contributed by atoms with Crippen LogP contribution in [0.2, 0.25) is 0 Å². The van der Waals surface area contributed by atoms with Crippen LogP contribution in [-0.4, -0.2) is 36.5 Å². The number of ether oxygens (including phenoxy) is 3. The summed E-state index contributed by atoms with van der Waals surface area (Å²) in [7, 11) is 2.88. The molecule has 0 aromatic heterocycles. The summed E-state index contributed by atoms with van der Waals surface area (Å²) in [5.41, 5.74) is 4.17. The van der Waals surface area contributed by atoms with Crippen LogP contribution in [0.25, 0.3) is 11.6 Å². The molecule has 1 aliphatic heterocycles. The Labute approximate surface area is 238 Å². The number of phenols is 1. The third-order valence-corrected chi connectivity index (χ3v) is 7.14. The first-order chi connectivity index (χ1) is 18.9. The van der Waals surface area contributed by atoms with Gasteiger partial charge in [0.1, 0.15) is 11.4 Å². The Morgan fingerprint density at radius 3 is 2.30 bits per heavy atom. The van der Waals surface area contributed by atoms with Gasteiger partial charge in [0.25, 0.3) is 0 Å². The maximum Gasteiger partial charge on any atom is 0.224 e. The van der Waals surface area contributed by atoms with E-state index in [0.29, 0.717) is 17.1 Å². The highest BCUT2D eigenvalue weighted by Crippen LogP contribution is 2.49. The molecule has 0 saturated heterocycles. The second-order valence-electron chi connectivity index (χ2n) is 11.1. The number of carbonyl (C=O) groups excluding carboxylic acids is 2. The molecule has 0 amide bonds. The third-order valence-electron chi connectivity index (χ3n) is 7.14. The van der Waals surface area contributed by atoms with E-state index in [9.17, 15) is 14.7 Å². The molecule has 2 aliphatic rings. The van der Waals surface area contributed by atoms with Gasteiger partial charge in [0.2, 0.25) is 5.78 Å². The topological polar surface area (TPSA) is 82.1 Å². The number of allylic oxidation sites excluding steroid dienone is 9. The summed E-state index contributed by atoms with van der Waals surface area (Å²) in [4.78, 5) is 27.0. The predicted molar refractivity (Wildman–Crippen MR) is 160 cm³/mol. The first-order valence-electron chi connectivity index (χ1n) is 13.7. The molecule has 214 valence electrons. The smallest absolute Gasteiger partial charge is 0.224 e. The average Bonchev–Trinajstić information content (AvgIpc) is 2.88. The van der Waals surface area contributed by atoms with E-state index in [4.69, 9.17) is 14.2 Å². The van der Waals surface area contributed by atoms with Crippen LogP contribution in [0, 0.1) is 0 Å². The maximum absolute atomic E-state index is 13.5. The molecule has 40 heavy (non-hydrogen) atoms. The number of ketones is 2. The zero-order valence-corrected chi connectivity index (χ0v) is 25.1. The molecular formula is C34H42O6. The molecule has 0 saturated carbocycles. The number of hydrogen-bond acceptors (Lipinski definition) is 6. The van der Waals surface area contributed by atoms with Crippen LogP contribution < -0.4 is 9.47 Å². The highest BCUT2D eigenvalue weighted by Gasteiger charge is 2.36. The largest absolute Gasteiger partial charge is 0.507 e. The van der Waals surface area contributed by atoms with Gasteiger partial charge in [0.05, 0.1) is 14.2 Å². The quantitative estimate of drug-likeness (QED) is 0.225. The minimum absolute atomic E-state index is 0.0140. The molecule has 1 atom stereocenters. The lowest BCUT2D eigenvalue weighted by Crippen LogP contribution is -2.32. The second-order valence-corrected chi connectivity index (χ2v) is 11.1. The summed E-state index contributed by atoms with van der Waals surface area (Å²) in [5.74, 6) is -0.172. The number of hydrogen-bond donors (Lipinski definition) is 1. The maximum atomic E-state index is 13.5. The van der Waals surface area contributed by atoms with Gasteiger partial charge in [0, 0.05) is 34.4 Å². The fraction of sp³-hybridized carbons (Fsp3) is 0.412. The van der Waals surface area contributed by atoms with Crippen LogP contribution in [0.3, 0.4) is 0 Å². The first-order valence-corrected chi connectivity index (χ1v) is 13.7. The molecule has 1 aliphatic carbocycles. The molecule has 0 bridgehead atoms. The molecule has 0 spiro atoms. The van der Waals surface area contributed by atoms with Crippen molar-refractivity contribution in [3.8, 4) is 17.2 Å². The Hall–Kier alpha value is -3.80. The van der Waals surface area contributed by atoms with E-state index in [1.165, 1.54) is 37.5 Å². The number of fused-ring (bicyclic) bond motifs is 1. The average molecular weight is 547 g/mol. The Balaban J connectivity index is 2.14. The van der Waals surface area contributed by atoms with E-state index in [0.717, 1.165) is 31.3 Å². The standard InChI is InChI=1S/C34H42O6/c1-21(2)11-9-13-23(5)14-15-24-30(26(35)19-28(38-7)32(24)37)31-25-16-18-34(6,17-10-12-22(3)4)40-33(25)29(39-8)20-27(31)36/h11-12,14,16,18-20,36H,9-10,13,15,17H2,1-8H3/b23-14+/t34-/m0/s1. The van der Waals surface area contributed by atoms with E-state index in [1.54, 1.807) is 0 Å². The van der Waals surface area contributed by atoms with E-state index in [-0.39, 0.29) is 40.4 Å². The zero-order valence-electron chi connectivity index (χ0n) is 25.1. The van der Waals surface area contributed by atoms with Crippen molar-refractivity contribution < 1.29 is 28.9 Å². The minimum Gasteiger partial charge on any atom is -0.507 e. The van der Waals surface area contributed by atoms with Crippen LogP contribution in [0.5, 0.6) is 17.2 Å². The Kier molecular flexibility index (Phi) is 10.0. The van der Waals surface area contributed by atoms with Crippen LogP contribution in [-0.2, 0) is 14.3 Å². The van der Waals surface area contributed by atoms with Crippen molar-refractivity contribution in [3.05, 3.63) is 75.6 Å². The molecular weight excluding hydrogens is 504 g/mol. The number of carbonyl (C=O) groups is 2. The van der Waals surface area contributed by atoms with Gasteiger partial charge in [-0.1, -0.05) is 41.0 Å². The molecule has 1 heterocycles. The van der Waals surface area contributed by atoms with Crippen LogP contribution in [0.4, 0.5) is 0 Å². The highest BCUT2D eigenvalue weighted by atomic mass is 16.5. The monoisotopic (exact) mass is 546 g/mol. The Morgan fingerprint density at radius 2 is 1.68 bits per heavy atom. The molecule has 1 aromatic carbocycles. The van der Waals surface area contributed by atoms with Gasteiger partial charge in [-0.05, 0) is 79.7 Å². The summed E-state index contributed by atoms with van der Waals surface area (Å²) in [6.45, 7) is 12.3. The van der Waals surface area contributed by atoms with Gasteiger partial charge in [0.15, 0.2) is 23.0 Å². The number of benzene rings is 1. The molecule has 0 fully saturated rings. The molecule has 1 aromatic rings. The van der Waals surface area contributed by atoms with Crippen LogP contribution >= 0.6 is 0 Å². The number of phenolic OH excluding ortho intramolecular Hbond substituents is 1. The van der Waals surface area contributed by atoms with Crippen LogP contribution in [0.15, 0.2) is 64.5 Å². The van der Waals surface area contributed by atoms with E-state index in [1.807, 2.05) is 32.1 Å². The van der Waals surface area contributed by atoms with Gasteiger partial charge >= 0.3 is 0 Å². The summed E-state index contributed by atoms with van der Waals surface area (Å²) >= 11 is 0. The molecule has 6 nitrogen and oxygen atoms in total. The predicted octanol–water partition coefficient (Wildman–Crippen LogP) is 7.83. The van der Waals surface area contributed by atoms with E-state index < -0.39 is 11.4 Å². The van der Waals surface area contributed by atoms with E-state index in [2.05, 4.69) is 39.8 Å². The van der Waals surface area contributed by atoms with Crippen LogP contribution in [0.1, 0.15) is 84.8 Å². The molecule has 0 unspecified atom stereocenters. The lowest BCUT2D eigenvalue weighted by atomic mass is 9.82. The minimum atomic E-state index is -0.613. The fourth-order valence-corrected chi connectivity index (χ4v) is 4.89. The third kappa shape index (κ3) is 7.04. The Morgan fingerprint density at radius 1 is 1.00 bits per heavy atom. The van der Waals surface area contributed by atoms with Gasteiger partial charge in [-0.3, -0.25) is 9.59 Å². The normalized spacial score (nSPS) is 18.6. The van der Waals surface area contributed by atoms with Gasteiger partial charge in [-0.25, -0.2) is 0 Å². The highest BCUT2D eigenvalue weighted by molar-refractivity contribution is 6.37. The molecule has 0 radical (unpaired) electrons. The van der Waals surface area contributed by atoms with Crippen molar-refractivity contribution in [3.63, 3.8) is 0 Å². The van der Waals surface area contributed by atoms with Gasteiger partial charge in [-0.15, -0.1) is 0 Å². The van der Waals surface area contributed by atoms with Crippen molar-refractivity contribution >= 4 is 23.2 Å². The number of methoxy groups -OCH3 is 2. The van der Waals surface area contributed by atoms with Crippen molar-refractivity contribution in [1.82, 2.24) is 0 Å². The fourth-order valence-electron chi connectivity index (χ4n) is 4.89. The molecule has 6 heteroatoms. The van der Waals surface area contributed by atoms with Gasteiger partial charge < -0.3 is 19.3 Å². The zero-order chi connectivity index (χ0) is 29.6. The lowest BCUT2D eigenvalue weighted by Gasteiger charge is -2.34. The van der Waals surface area contributed by atoms with Crippen molar-refractivity contribution in [2.24, 2.45) is 0 Å². The Bertz CT molecular complexity index is 1360. The summed E-state index contributed by atoms with van der Waals surface area (Å²) in [6.07, 6.45) is 14.8. The van der Waals surface area contributed by atoms with Crippen molar-refractivity contribution in [1.29, 1.82) is 0 Å². The van der Waals surface area contributed by atoms with Crippen molar-refractivity contribution in [2.75, 3.05) is 14.2 Å². The SMILES string of the molecule is COC1=CC(=O)C(c2c(O)cc(OC)c3c2C=C[C@](C)(CCC=C(C)C)O3)=C(C/C=C(\C)CCC=C(C)C)C1=O. The second kappa shape index (κ2) is 13.0. The summed E-state index contributed by atoms with van der Waals surface area (Å²) in [6, 6.07) is 1.45. The van der Waals surface area contributed by atoms with Crippen molar-refractivity contribution in [2.45, 2.75) is 79.2 Å². The number of Topliss-reactive ketones (excluding diaryl/α,β-unsaturated/α-hetero) is 1. The number of rotatable bonds is 11. The number of aromatic hydroxyl groups is 1. The lowest BCUT2D eigenvalue weighted by molar-refractivity contribution is -0.117. The van der Waals surface area contributed by atoms with Gasteiger partial charge in [-0.2, -0.15) is 0 Å². The van der Waals surface area contributed by atoms with E-state index >= 15 is 0 Å². The summed E-state index contributed by atoms with van der Waals surface area (Å²) in [5, 5.41) is 11.2. The summed E-state index contributed by atoms with van der Waals surface area (Å²) < 4.78 is 17.3.